The van der Waals surface area contributed by atoms with Crippen LogP contribution in [-0.4, -0.2) is 76.9 Å². The molecule has 0 bridgehead atoms. The molecule has 2 N–H and O–H groups in total. The highest BCUT2D eigenvalue weighted by molar-refractivity contribution is 5.92. The molecular weight excluding hydrogens is 524 g/mol. The van der Waals surface area contributed by atoms with Crippen LogP contribution in [0.25, 0.3) is 10.9 Å². The van der Waals surface area contributed by atoms with Gasteiger partial charge in [-0.05, 0) is 37.1 Å². The molecule has 4 heterocycles. The largest absolute Gasteiger partial charge is 0.493 e. The van der Waals surface area contributed by atoms with Gasteiger partial charge in [-0.25, -0.2) is 15.0 Å². The molecule has 0 radical (unpaired) electrons. The molecule has 0 saturated carbocycles. The van der Waals surface area contributed by atoms with Crippen LogP contribution in [0.1, 0.15) is 26.2 Å². The summed E-state index contributed by atoms with van der Waals surface area (Å²) in [7, 11) is 1.62. The zero-order valence-electron chi connectivity index (χ0n) is 23.0. The summed E-state index contributed by atoms with van der Waals surface area (Å²) >= 11 is 0. The first-order chi connectivity index (χ1) is 20.0. The van der Waals surface area contributed by atoms with E-state index in [9.17, 15) is 4.79 Å². The van der Waals surface area contributed by atoms with Gasteiger partial charge < -0.3 is 24.4 Å². The second kappa shape index (κ2) is 11.3. The summed E-state index contributed by atoms with van der Waals surface area (Å²) in [6.45, 7) is 6.85. The maximum Gasteiger partial charge on any atom is 0.245 e. The number of hydrogen-bond acceptors (Lipinski definition) is 11. The van der Waals surface area contributed by atoms with Gasteiger partial charge in [0, 0.05) is 43.5 Å². The van der Waals surface area contributed by atoms with Crippen LogP contribution in [0.15, 0.2) is 76.7 Å². The van der Waals surface area contributed by atoms with Crippen molar-refractivity contribution in [3.05, 3.63) is 66.6 Å². The Hall–Kier alpha value is -4.87. The summed E-state index contributed by atoms with van der Waals surface area (Å²) in [5.41, 5.74) is 4.72. The number of carbonyl (C=O) groups excluding carboxylic acids is 1. The fourth-order valence-corrected chi connectivity index (χ4v) is 5.19. The number of amides is 1. The average Bonchev–Trinajstić information content (AvgIpc) is 3.46. The third-order valence-electron chi connectivity index (χ3n) is 7.41. The molecule has 1 aliphatic carbocycles. The first-order valence-corrected chi connectivity index (χ1v) is 13.6. The third-order valence-corrected chi connectivity index (χ3v) is 7.41. The van der Waals surface area contributed by atoms with Crippen LogP contribution in [0.5, 0.6) is 11.5 Å². The minimum Gasteiger partial charge on any atom is -0.493 e. The molecule has 212 valence electrons. The molecule has 12 nitrogen and oxygen atoms in total. The maximum atomic E-state index is 11.9. The van der Waals surface area contributed by atoms with E-state index in [0.717, 1.165) is 35.1 Å². The molecule has 2 atom stereocenters. The summed E-state index contributed by atoms with van der Waals surface area (Å²) in [5, 5.41) is 8.41. The topological polar surface area (TPSA) is 126 Å². The molecule has 1 amide bonds. The highest BCUT2D eigenvalue weighted by atomic mass is 16.5. The highest BCUT2D eigenvalue weighted by Gasteiger charge is 2.25. The second-order valence-corrected chi connectivity index (χ2v) is 10.1. The number of allylic oxidation sites excluding steroid dienone is 1. The number of piperidine rings is 1. The van der Waals surface area contributed by atoms with Crippen molar-refractivity contribution in [1.29, 1.82) is 0 Å². The van der Waals surface area contributed by atoms with E-state index >= 15 is 0 Å². The predicted octanol–water partition coefficient (Wildman–Crippen LogP) is 3.28. The Morgan fingerprint density at radius 1 is 1.17 bits per heavy atom. The van der Waals surface area contributed by atoms with E-state index in [2.05, 4.69) is 49.5 Å². The fourth-order valence-electron chi connectivity index (χ4n) is 5.19. The Kier molecular flexibility index (Phi) is 7.28. The molecule has 41 heavy (non-hydrogen) atoms. The van der Waals surface area contributed by atoms with Gasteiger partial charge >= 0.3 is 0 Å². The van der Waals surface area contributed by atoms with E-state index in [1.165, 1.54) is 6.08 Å². The number of rotatable bonds is 8. The van der Waals surface area contributed by atoms with Gasteiger partial charge in [0.2, 0.25) is 11.8 Å². The number of anilines is 1. The highest BCUT2D eigenvalue weighted by Crippen LogP contribution is 2.36. The Bertz CT molecular complexity index is 1510. The smallest absolute Gasteiger partial charge is 0.245 e. The molecule has 1 aromatic carbocycles. The Morgan fingerprint density at radius 2 is 2.02 bits per heavy atom. The van der Waals surface area contributed by atoms with Crippen LogP contribution in [0.4, 0.5) is 5.82 Å². The van der Waals surface area contributed by atoms with Crippen molar-refractivity contribution in [2.24, 2.45) is 10.1 Å². The van der Waals surface area contributed by atoms with Crippen molar-refractivity contribution in [2.45, 2.75) is 44.5 Å². The standard InChI is InChI=1S/C29H32N8O4/c1-4-28(38)36-9-7-20(8-10-36)40-25-12-21-22(13-24(25)39-3)30-15-31-29(21)34-19-5-6-23(18(2)11-19)41-27-14-26-35-33-17-37(26)16-32-27/h4,6,11-17,19-20,26,35H,1,5,7-10H2,2-3H3,(H,30,31,34). The summed E-state index contributed by atoms with van der Waals surface area (Å²) in [4.78, 5) is 29.0. The first kappa shape index (κ1) is 26.4. The van der Waals surface area contributed by atoms with E-state index in [4.69, 9.17) is 14.2 Å². The molecule has 2 unspecified atom stereocenters. The van der Waals surface area contributed by atoms with Crippen molar-refractivity contribution in [2.75, 3.05) is 25.5 Å². The molecule has 0 spiro atoms. The van der Waals surface area contributed by atoms with E-state index in [0.29, 0.717) is 42.7 Å². The molecular formula is C29H32N8O4. The Morgan fingerprint density at radius 3 is 2.80 bits per heavy atom. The van der Waals surface area contributed by atoms with Gasteiger partial charge in [-0.15, -0.1) is 0 Å². The van der Waals surface area contributed by atoms with Gasteiger partial charge in [0.05, 0.1) is 18.7 Å². The lowest BCUT2D eigenvalue weighted by molar-refractivity contribution is -0.127. The van der Waals surface area contributed by atoms with E-state index < -0.39 is 0 Å². The van der Waals surface area contributed by atoms with Gasteiger partial charge in [-0.1, -0.05) is 12.7 Å². The van der Waals surface area contributed by atoms with E-state index in [1.807, 2.05) is 30.0 Å². The normalized spacial score (nSPS) is 21.9. The summed E-state index contributed by atoms with van der Waals surface area (Å²) in [6, 6.07) is 3.80. The molecule has 12 heteroatoms. The van der Waals surface area contributed by atoms with Crippen molar-refractivity contribution in [3.8, 4) is 11.5 Å². The van der Waals surface area contributed by atoms with Crippen LogP contribution in [0.2, 0.25) is 0 Å². The number of aromatic nitrogens is 2. The molecule has 3 aliphatic heterocycles. The Labute approximate surface area is 237 Å². The van der Waals surface area contributed by atoms with Gasteiger partial charge in [0.15, 0.2) is 11.5 Å². The summed E-state index contributed by atoms with van der Waals surface area (Å²) in [6.07, 6.45) is 14.4. The quantitative estimate of drug-likeness (QED) is 0.471. The summed E-state index contributed by atoms with van der Waals surface area (Å²) in [5.74, 6) is 3.18. The number of methoxy groups -OCH3 is 1. The SMILES string of the molecule is C=CC(=O)N1CCC(Oc2cc3c(NC4C=C(C)C(OC5=CC6NN=CN6C=N5)=CC4)ncnc3cc2OC)CC1. The number of hydrazone groups is 1. The number of aliphatic imine (C=N–C) groups is 1. The van der Waals surface area contributed by atoms with Crippen LogP contribution >= 0.6 is 0 Å². The summed E-state index contributed by atoms with van der Waals surface area (Å²) < 4.78 is 18.1. The fraction of sp³-hybridized carbons (Fsp3) is 0.345. The van der Waals surface area contributed by atoms with Gasteiger partial charge in [-0.3, -0.25) is 15.1 Å². The zero-order chi connectivity index (χ0) is 28.3. The van der Waals surface area contributed by atoms with E-state index in [-0.39, 0.29) is 24.2 Å². The minimum absolute atomic E-state index is 0.00266. The molecule has 2 aromatic rings. The molecule has 4 aliphatic rings. The van der Waals surface area contributed by atoms with Crippen molar-refractivity contribution in [3.63, 3.8) is 0 Å². The lowest BCUT2D eigenvalue weighted by Gasteiger charge is -2.31. The number of likely N-dealkylation sites (tertiary alicyclic amines) is 1. The average molecular weight is 557 g/mol. The monoisotopic (exact) mass is 556 g/mol. The number of fused-ring (bicyclic) bond motifs is 2. The van der Waals surface area contributed by atoms with Gasteiger partial charge in [0.25, 0.3) is 0 Å². The van der Waals surface area contributed by atoms with Gasteiger partial charge in [-0.2, -0.15) is 5.10 Å². The molecule has 1 aromatic heterocycles. The number of benzene rings is 1. The van der Waals surface area contributed by atoms with Gasteiger partial charge in [0.1, 0.15) is 42.9 Å². The number of ether oxygens (including phenoxy) is 3. The van der Waals surface area contributed by atoms with Crippen LogP contribution in [-0.2, 0) is 9.53 Å². The molecule has 6 rings (SSSR count). The predicted molar refractivity (Wildman–Crippen MR) is 155 cm³/mol. The minimum atomic E-state index is -0.0850. The van der Waals surface area contributed by atoms with Crippen molar-refractivity contribution >= 4 is 35.3 Å². The van der Waals surface area contributed by atoms with Crippen molar-refractivity contribution < 1.29 is 19.0 Å². The Balaban J connectivity index is 1.15. The number of nitrogens with zero attached hydrogens (tertiary/aromatic N) is 6. The second-order valence-electron chi connectivity index (χ2n) is 10.1. The molecule has 1 fully saturated rings. The lowest BCUT2D eigenvalue weighted by Crippen LogP contribution is -2.41. The van der Waals surface area contributed by atoms with Crippen molar-refractivity contribution in [1.82, 2.24) is 25.2 Å². The number of hydrogen-bond donors (Lipinski definition) is 2. The maximum absolute atomic E-state index is 11.9. The van der Waals surface area contributed by atoms with Crippen LogP contribution < -0.4 is 20.2 Å². The van der Waals surface area contributed by atoms with Crippen LogP contribution in [0, 0.1) is 0 Å². The van der Waals surface area contributed by atoms with Crippen LogP contribution in [0.3, 0.4) is 0 Å². The lowest BCUT2D eigenvalue weighted by atomic mass is 10.0. The number of nitrogens with one attached hydrogen (secondary N) is 2. The van der Waals surface area contributed by atoms with E-state index in [1.54, 1.807) is 31.0 Å². The molecule has 1 saturated heterocycles. The zero-order valence-corrected chi connectivity index (χ0v) is 23.0. The first-order valence-electron chi connectivity index (χ1n) is 13.6. The number of carbonyl (C=O) groups is 1. The third kappa shape index (κ3) is 5.58.